The molecule has 0 aliphatic carbocycles. The number of carbonyl (C=O) groups excluding carboxylic acids is 1. The van der Waals surface area contributed by atoms with Crippen LogP contribution in [-0.4, -0.2) is 12.1 Å². The molecule has 7 heteroatoms. The van der Waals surface area contributed by atoms with Gasteiger partial charge in [0.25, 0.3) is 5.91 Å². The number of halogens is 4. The van der Waals surface area contributed by atoms with Crippen LogP contribution in [0.3, 0.4) is 0 Å². The second-order valence-corrected chi connectivity index (χ2v) is 4.67. The van der Waals surface area contributed by atoms with Crippen molar-refractivity contribution in [3.05, 3.63) is 70.2 Å². The third-order valence-electron chi connectivity index (χ3n) is 2.75. The van der Waals surface area contributed by atoms with Crippen LogP contribution in [0.25, 0.3) is 0 Å². The molecule has 0 aromatic heterocycles. The molecule has 0 aliphatic heterocycles. The van der Waals surface area contributed by atoms with Gasteiger partial charge in [-0.25, -0.2) is 5.43 Å². The molecule has 22 heavy (non-hydrogen) atoms. The number of hydrazone groups is 1. The first-order valence-corrected chi connectivity index (χ1v) is 6.51. The maximum Gasteiger partial charge on any atom is 0.417 e. The van der Waals surface area contributed by atoms with E-state index < -0.39 is 17.6 Å². The van der Waals surface area contributed by atoms with E-state index in [4.69, 9.17) is 11.6 Å². The summed E-state index contributed by atoms with van der Waals surface area (Å²) in [6, 6.07) is 11.2. The Labute approximate surface area is 129 Å². The smallest absolute Gasteiger partial charge is 0.267 e. The van der Waals surface area contributed by atoms with Gasteiger partial charge in [-0.1, -0.05) is 41.9 Å². The minimum absolute atomic E-state index is 0.144. The van der Waals surface area contributed by atoms with Gasteiger partial charge in [0.2, 0.25) is 0 Å². The van der Waals surface area contributed by atoms with Gasteiger partial charge in [-0.05, 0) is 18.2 Å². The Balaban J connectivity index is 2.14. The van der Waals surface area contributed by atoms with E-state index in [0.29, 0.717) is 0 Å². The van der Waals surface area contributed by atoms with Gasteiger partial charge in [-0.3, -0.25) is 4.79 Å². The van der Waals surface area contributed by atoms with Crippen molar-refractivity contribution in [3.8, 4) is 0 Å². The zero-order valence-electron chi connectivity index (χ0n) is 11.1. The third kappa shape index (κ3) is 3.85. The maximum atomic E-state index is 12.8. The Bertz CT molecular complexity index is 714. The van der Waals surface area contributed by atoms with E-state index in [1.54, 1.807) is 12.1 Å². The molecule has 2 aromatic carbocycles. The van der Waals surface area contributed by atoms with Crippen LogP contribution in [-0.2, 0) is 6.18 Å². The van der Waals surface area contributed by atoms with Gasteiger partial charge in [0.1, 0.15) is 0 Å². The Morgan fingerprint density at radius 2 is 1.73 bits per heavy atom. The fourth-order valence-electron chi connectivity index (χ4n) is 1.73. The number of alkyl halides is 3. The topological polar surface area (TPSA) is 41.5 Å². The second kappa shape index (κ2) is 6.62. The molecule has 114 valence electrons. The maximum absolute atomic E-state index is 12.8. The molecule has 0 atom stereocenters. The van der Waals surface area contributed by atoms with Crippen molar-refractivity contribution in [2.24, 2.45) is 5.10 Å². The fraction of sp³-hybridized carbons (Fsp3) is 0.0667. The lowest BCUT2D eigenvalue weighted by molar-refractivity contribution is -0.137. The quantitative estimate of drug-likeness (QED) is 0.669. The lowest BCUT2D eigenvalue weighted by Crippen LogP contribution is -2.18. The van der Waals surface area contributed by atoms with Crippen molar-refractivity contribution in [2.75, 3.05) is 0 Å². The van der Waals surface area contributed by atoms with Crippen LogP contribution in [0.5, 0.6) is 0 Å². The summed E-state index contributed by atoms with van der Waals surface area (Å²) < 4.78 is 38.4. The summed E-state index contributed by atoms with van der Waals surface area (Å²) in [6.07, 6.45) is -3.55. The number of benzene rings is 2. The normalized spacial score (nSPS) is 11.6. The number of nitrogens with zero attached hydrogens (tertiary/aromatic N) is 1. The zero-order valence-corrected chi connectivity index (χ0v) is 11.8. The van der Waals surface area contributed by atoms with Crippen LogP contribution in [0.2, 0.25) is 5.02 Å². The summed E-state index contributed by atoms with van der Waals surface area (Å²) in [6.45, 7) is 0. The minimum Gasteiger partial charge on any atom is -0.267 e. The van der Waals surface area contributed by atoms with Crippen molar-refractivity contribution in [2.45, 2.75) is 6.18 Å². The molecule has 1 N–H and O–H groups in total. The molecule has 0 unspecified atom stereocenters. The summed E-state index contributed by atoms with van der Waals surface area (Å²) in [5, 5.41) is 3.78. The van der Waals surface area contributed by atoms with Crippen molar-refractivity contribution in [1.82, 2.24) is 5.43 Å². The van der Waals surface area contributed by atoms with Crippen molar-refractivity contribution >= 4 is 23.7 Å². The molecule has 0 heterocycles. The van der Waals surface area contributed by atoms with Crippen LogP contribution in [0.15, 0.2) is 53.6 Å². The molecule has 3 nitrogen and oxygen atoms in total. The predicted octanol–water partition coefficient (Wildman–Crippen LogP) is 4.12. The van der Waals surface area contributed by atoms with Crippen molar-refractivity contribution in [1.29, 1.82) is 0 Å². The zero-order chi connectivity index (χ0) is 16.2. The second-order valence-electron chi connectivity index (χ2n) is 4.26. The number of amides is 1. The highest BCUT2D eigenvalue weighted by molar-refractivity contribution is 6.33. The van der Waals surface area contributed by atoms with E-state index in [1.807, 2.05) is 0 Å². The highest BCUT2D eigenvalue weighted by Gasteiger charge is 2.32. The van der Waals surface area contributed by atoms with Crippen LogP contribution in [0.4, 0.5) is 13.2 Å². The number of hydrogen-bond donors (Lipinski definition) is 1. The largest absolute Gasteiger partial charge is 0.417 e. The summed E-state index contributed by atoms with van der Waals surface area (Å²) in [5.74, 6) is -0.605. The molecule has 1 amide bonds. The molecule has 0 spiro atoms. The highest BCUT2D eigenvalue weighted by atomic mass is 35.5. The summed E-state index contributed by atoms with van der Waals surface area (Å²) in [4.78, 5) is 11.8. The first kappa shape index (κ1) is 16.0. The number of rotatable bonds is 3. The van der Waals surface area contributed by atoms with Crippen LogP contribution in [0.1, 0.15) is 21.5 Å². The predicted molar refractivity (Wildman–Crippen MR) is 78.0 cm³/mol. The molecule has 0 aliphatic rings. The number of hydrogen-bond acceptors (Lipinski definition) is 2. The molecule has 0 bridgehead atoms. The summed E-state index contributed by atoms with van der Waals surface area (Å²) in [7, 11) is 0. The van der Waals surface area contributed by atoms with Crippen LogP contribution < -0.4 is 5.43 Å². The average Bonchev–Trinajstić information content (AvgIpc) is 2.47. The number of nitrogens with one attached hydrogen (secondary N) is 1. The standard InChI is InChI=1S/C15H10ClF3N2O/c16-13-8-4-2-6-11(13)14(22)21-20-9-10-5-1-3-7-12(10)15(17,18)19/h1-9H,(H,21,22). The van der Waals surface area contributed by atoms with Gasteiger partial charge >= 0.3 is 6.18 Å². The molecular weight excluding hydrogens is 317 g/mol. The van der Waals surface area contributed by atoms with Crippen LogP contribution >= 0.6 is 11.6 Å². The molecule has 2 rings (SSSR count). The Kier molecular flexibility index (Phi) is 4.82. The van der Waals surface area contributed by atoms with E-state index in [0.717, 1.165) is 12.3 Å². The first-order valence-electron chi connectivity index (χ1n) is 6.14. The molecule has 2 aromatic rings. The van der Waals surface area contributed by atoms with Crippen LogP contribution in [0, 0.1) is 0 Å². The summed E-state index contributed by atoms with van der Waals surface area (Å²) >= 11 is 5.84. The SMILES string of the molecule is O=C(NN=Cc1ccccc1C(F)(F)F)c1ccccc1Cl. The Hall–Kier alpha value is -2.34. The molecule has 0 fully saturated rings. The van der Waals surface area contributed by atoms with Gasteiger partial charge in [-0.2, -0.15) is 18.3 Å². The van der Waals surface area contributed by atoms with Gasteiger partial charge in [-0.15, -0.1) is 0 Å². The van der Waals surface area contributed by atoms with E-state index in [1.165, 1.54) is 30.3 Å². The summed E-state index contributed by atoms with van der Waals surface area (Å²) in [5.41, 5.74) is 1.36. The van der Waals surface area contributed by atoms with Gasteiger partial charge < -0.3 is 0 Å². The van der Waals surface area contributed by atoms with Gasteiger partial charge in [0, 0.05) is 5.56 Å². The van der Waals surface area contributed by atoms with E-state index >= 15 is 0 Å². The fourth-order valence-corrected chi connectivity index (χ4v) is 1.96. The molecule has 0 saturated heterocycles. The van der Waals surface area contributed by atoms with Crippen molar-refractivity contribution in [3.63, 3.8) is 0 Å². The van der Waals surface area contributed by atoms with E-state index in [-0.39, 0.29) is 16.1 Å². The first-order chi connectivity index (χ1) is 10.4. The lowest BCUT2D eigenvalue weighted by atomic mass is 10.1. The Morgan fingerprint density at radius 1 is 1.09 bits per heavy atom. The molecule has 0 radical (unpaired) electrons. The lowest BCUT2D eigenvalue weighted by Gasteiger charge is -2.09. The Morgan fingerprint density at radius 3 is 2.41 bits per heavy atom. The molecular formula is C15H10ClF3N2O. The van der Waals surface area contributed by atoms with Gasteiger partial charge in [0.15, 0.2) is 0 Å². The third-order valence-corrected chi connectivity index (χ3v) is 3.08. The van der Waals surface area contributed by atoms with Gasteiger partial charge in [0.05, 0.1) is 22.4 Å². The minimum atomic E-state index is -4.49. The molecule has 0 saturated carbocycles. The average molecular weight is 327 g/mol. The van der Waals surface area contributed by atoms with Crippen molar-refractivity contribution < 1.29 is 18.0 Å². The van der Waals surface area contributed by atoms with E-state index in [2.05, 4.69) is 10.5 Å². The highest BCUT2D eigenvalue weighted by Crippen LogP contribution is 2.31. The monoisotopic (exact) mass is 326 g/mol. The van der Waals surface area contributed by atoms with E-state index in [9.17, 15) is 18.0 Å². The number of carbonyl (C=O) groups is 1.